The predicted octanol–water partition coefficient (Wildman–Crippen LogP) is 3.87. The lowest BCUT2D eigenvalue weighted by Crippen LogP contribution is -2.61. The fourth-order valence-corrected chi connectivity index (χ4v) is 6.84. The minimum absolute atomic E-state index is 0.0538. The molecule has 0 aromatic rings. The smallest absolute Gasteiger partial charge is 0.302 e. The van der Waals surface area contributed by atoms with Gasteiger partial charge in [0.05, 0.1) is 12.2 Å². The van der Waals surface area contributed by atoms with E-state index in [0.717, 1.165) is 30.4 Å². The van der Waals surface area contributed by atoms with Crippen LogP contribution in [0.15, 0.2) is 34.9 Å². The quantitative estimate of drug-likeness (QED) is 0.512. The average Bonchev–Trinajstić information content (AvgIpc) is 2.69. The zero-order chi connectivity index (χ0) is 24.3. The number of hydrogen-bond donors (Lipinski definition) is 1. The zero-order valence-electron chi connectivity index (χ0n) is 20.6. The molecular weight excluding hydrogens is 420 g/mol. The van der Waals surface area contributed by atoms with Crippen molar-refractivity contribution in [1.82, 2.24) is 0 Å². The number of ether oxygens (including phenoxy) is 2. The van der Waals surface area contributed by atoms with Crippen LogP contribution in [0, 0.1) is 22.7 Å². The third kappa shape index (κ3) is 3.95. The Morgan fingerprint density at radius 3 is 2.52 bits per heavy atom. The van der Waals surface area contributed by atoms with Crippen molar-refractivity contribution in [2.45, 2.75) is 85.0 Å². The molecule has 1 N–H and O–H groups in total. The third-order valence-corrected chi connectivity index (χ3v) is 8.50. The predicted molar refractivity (Wildman–Crippen MR) is 123 cm³/mol. The van der Waals surface area contributed by atoms with E-state index < -0.39 is 29.0 Å². The van der Waals surface area contributed by atoms with Crippen molar-refractivity contribution in [3.63, 3.8) is 0 Å². The minimum Gasteiger partial charge on any atom is -0.461 e. The summed E-state index contributed by atoms with van der Waals surface area (Å²) in [6, 6.07) is 0. The SMILES string of the molecule is CC(=O)OCC1=C[C@H]([C@@H]2[C@@]3(C)CCCC(C)(C)C3=CC(=O)[C@@]2(C)O)O[C@@H]2C=C(C)C(=O)C[C@H]12. The van der Waals surface area contributed by atoms with Crippen molar-refractivity contribution in [3.8, 4) is 0 Å². The number of carbonyl (C=O) groups is 3. The van der Waals surface area contributed by atoms with Gasteiger partial charge < -0.3 is 14.6 Å². The molecule has 4 rings (SSSR count). The first-order valence-corrected chi connectivity index (χ1v) is 12.0. The Bertz CT molecular complexity index is 981. The minimum atomic E-state index is -1.60. The van der Waals surface area contributed by atoms with Crippen molar-refractivity contribution >= 4 is 17.5 Å². The maximum atomic E-state index is 13.2. The molecule has 1 aliphatic heterocycles. The molecular formula is C27H36O6. The van der Waals surface area contributed by atoms with Crippen LogP contribution in [0.25, 0.3) is 0 Å². The molecule has 6 nitrogen and oxygen atoms in total. The molecule has 33 heavy (non-hydrogen) atoms. The number of esters is 1. The molecule has 6 atom stereocenters. The average molecular weight is 457 g/mol. The summed E-state index contributed by atoms with van der Waals surface area (Å²) in [4.78, 5) is 37.2. The normalized spacial score (nSPS) is 40.2. The van der Waals surface area contributed by atoms with Crippen molar-refractivity contribution in [2.75, 3.05) is 6.61 Å². The van der Waals surface area contributed by atoms with Crippen LogP contribution in [0.4, 0.5) is 0 Å². The highest BCUT2D eigenvalue weighted by atomic mass is 16.5. The first-order chi connectivity index (χ1) is 15.3. The molecule has 6 heteroatoms. The zero-order valence-corrected chi connectivity index (χ0v) is 20.6. The summed E-state index contributed by atoms with van der Waals surface area (Å²) in [6.45, 7) is 11.3. The summed E-state index contributed by atoms with van der Waals surface area (Å²) in [5.41, 5.74) is 0.377. The molecule has 3 aliphatic carbocycles. The largest absolute Gasteiger partial charge is 0.461 e. The lowest BCUT2D eigenvalue weighted by Gasteiger charge is -2.58. The molecule has 0 saturated heterocycles. The summed E-state index contributed by atoms with van der Waals surface area (Å²) in [5.74, 6) is -1.35. The monoisotopic (exact) mass is 456 g/mol. The van der Waals surface area contributed by atoms with Gasteiger partial charge >= 0.3 is 5.97 Å². The molecule has 180 valence electrons. The second kappa shape index (κ2) is 8.02. The summed E-state index contributed by atoms with van der Waals surface area (Å²) in [7, 11) is 0. The van der Waals surface area contributed by atoms with Crippen LogP contribution in [0.2, 0.25) is 0 Å². The standard InChI is InChI=1S/C27H36O6/c1-15-10-20-18(12-19(15)29)17(14-32-16(2)28)11-21(33-20)24-26(5)9-7-8-25(3,4)22(26)13-23(30)27(24,6)31/h10-11,13,18,20-21,24,31H,7-9,12,14H2,1-6H3/t18-,20-,21-,24-,26+,27-/m1/s1. The Morgan fingerprint density at radius 1 is 1.15 bits per heavy atom. The third-order valence-electron chi connectivity index (χ3n) is 8.50. The summed E-state index contributed by atoms with van der Waals surface area (Å²) < 4.78 is 11.9. The Kier molecular flexibility index (Phi) is 5.85. The molecule has 0 radical (unpaired) electrons. The van der Waals surface area contributed by atoms with Gasteiger partial charge in [0.1, 0.15) is 12.2 Å². The van der Waals surface area contributed by atoms with Crippen LogP contribution in [-0.2, 0) is 23.9 Å². The van der Waals surface area contributed by atoms with Gasteiger partial charge in [0.25, 0.3) is 0 Å². The van der Waals surface area contributed by atoms with Gasteiger partial charge in [-0.05, 0) is 60.8 Å². The van der Waals surface area contributed by atoms with Crippen LogP contribution in [0.3, 0.4) is 0 Å². The molecule has 1 saturated carbocycles. The van der Waals surface area contributed by atoms with Crippen molar-refractivity contribution < 1.29 is 29.0 Å². The molecule has 1 heterocycles. The highest BCUT2D eigenvalue weighted by Crippen LogP contribution is 2.60. The first kappa shape index (κ1) is 24.1. The number of ketones is 2. The maximum Gasteiger partial charge on any atom is 0.302 e. The van der Waals surface area contributed by atoms with E-state index in [1.807, 2.05) is 12.2 Å². The van der Waals surface area contributed by atoms with Crippen molar-refractivity contribution in [1.29, 1.82) is 0 Å². The Morgan fingerprint density at radius 2 is 1.85 bits per heavy atom. The Labute approximate surface area is 196 Å². The van der Waals surface area contributed by atoms with Gasteiger partial charge in [-0.3, -0.25) is 14.4 Å². The van der Waals surface area contributed by atoms with Crippen LogP contribution < -0.4 is 0 Å². The number of rotatable bonds is 3. The Balaban J connectivity index is 1.81. The van der Waals surface area contributed by atoms with E-state index in [2.05, 4.69) is 20.8 Å². The first-order valence-electron chi connectivity index (χ1n) is 12.0. The lowest BCUT2D eigenvalue weighted by molar-refractivity contribution is -0.166. The second-order valence-corrected chi connectivity index (χ2v) is 11.4. The number of carbonyl (C=O) groups excluding carboxylic acids is 3. The molecule has 4 aliphatic rings. The van der Waals surface area contributed by atoms with E-state index in [-0.39, 0.29) is 35.6 Å². The van der Waals surface area contributed by atoms with E-state index in [0.29, 0.717) is 12.0 Å². The van der Waals surface area contributed by atoms with Crippen LogP contribution in [0.5, 0.6) is 0 Å². The molecule has 0 aromatic heterocycles. The van der Waals surface area contributed by atoms with E-state index >= 15 is 0 Å². The number of Topliss-reactive ketones (excluding diaryl/α,β-unsaturated/α-hetero) is 1. The molecule has 0 bridgehead atoms. The maximum absolute atomic E-state index is 13.2. The summed E-state index contributed by atoms with van der Waals surface area (Å²) >= 11 is 0. The fraction of sp³-hybridized carbons (Fsp3) is 0.667. The van der Waals surface area contributed by atoms with Gasteiger partial charge in [-0.25, -0.2) is 0 Å². The number of aliphatic hydroxyl groups is 1. The van der Waals surface area contributed by atoms with Gasteiger partial charge in [0.15, 0.2) is 11.6 Å². The highest BCUT2D eigenvalue weighted by Gasteiger charge is 2.60. The van der Waals surface area contributed by atoms with Crippen LogP contribution >= 0.6 is 0 Å². The second-order valence-electron chi connectivity index (χ2n) is 11.4. The van der Waals surface area contributed by atoms with Crippen molar-refractivity contribution in [3.05, 3.63) is 34.9 Å². The van der Waals surface area contributed by atoms with E-state index in [9.17, 15) is 19.5 Å². The van der Waals surface area contributed by atoms with Gasteiger partial charge in [0, 0.05) is 25.2 Å². The summed E-state index contributed by atoms with van der Waals surface area (Å²) in [5, 5.41) is 11.6. The molecule has 1 fully saturated rings. The van der Waals surface area contributed by atoms with Gasteiger partial charge in [-0.15, -0.1) is 0 Å². The van der Waals surface area contributed by atoms with Crippen LogP contribution in [-0.4, -0.2) is 47.1 Å². The lowest BCUT2D eigenvalue weighted by atomic mass is 9.49. The number of hydrogen-bond acceptors (Lipinski definition) is 6. The molecule has 0 unspecified atom stereocenters. The van der Waals surface area contributed by atoms with E-state index in [4.69, 9.17) is 9.47 Å². The van der Waals surface area contributed by atoms with Crippen molar-refractivity contribution in [2.24, 2.45) is 22.7 Å². The molecule has 0 amide bonds. The fourth-order valence-electron chi connectivity index (χ4n) is 6.84. The topological polar surface area (TPSA) is 89.9 Å². The molecule has 0 aromatic carbocycles. The summed E-state index contributed by atoms with van der Waals surface area (Å²) in [6.07, 6.45) is 7.63. The van der Waals surface area contributed by atoms with Gasteiger partial charge in [-0.2, -0.15) is 0 Å². The van der Waals surface area contributed by atoms with Gasteiger partial charge in [-0.1, -0.05) is 38.8 Å². The van der Waals surface area contributed by atoms with Crippen LogP contribution in [0.1, 0.15) is 67.2 Å². The number of fused-ring (bicyclic) bond motifs is 2. The number of allylic oxidation sites excluding steroid dienone is 2. The molecule has 0 spiro atoms. The highest BCUT2D eigenvalue weighted by molar-refractivity contribution is 5.99. The van der Waals surface area contributed by atoms with E-state index in [1.165, 1.54) is 6.92 Å². The Hall–Kier alpha value is -2.05. The van der Waals surface area contributed by atoms with Gasteiger partial charge in [0.2, 0.25) is 0 Å². The van der Waals surface area contributed by atoms with E-state index in [1.54, 1.807) is 19.9 Å².